The molecule has 0 fully saturated rings. The summed E-state index contributed by atoms with van der Waals surface area (Å²) in [6, 6.07) is 4.26. The van der Waals surface area contributed by atoms with Gasteiger partial charge in [0.25, 0.3) is 0 Å². The molecule has 0 aliphatic heterocycles. The molecule has 1 aromatic rings. The van der Waals surface area contributed by atoms with Crippen LogP contribution in [0.25, 0.3) is 0 Å². The van der Waals surface area contributed by atoms with E-state index in [0.717, 1.165) is 0 Å². The number of hydrogen-bond acceptors (Lipinski definition) is 3. The minimum atomic E-state index is -0.153. The first-order valence-electron chi connectivity index (χ1n) is 5.94. The summed E-state index contributed by atoms with van der Waals surface area (Å²) < 4.78 is 0. The predicted molar refractivity (Wildman–Crippen MR) is 73.2 cm³/mol. The van der Waals surface area contributed by atoms with Crippen molar-refractivity contribution >= 4 is 17.2 Å². The number of nitrogens with one attached hydrogen (secondary N) is 1. The molecule has 1 rings (SSSR count). The first-order chi connectivity index (χ1) is 7.93. The molecule has 0 saturated heterocycles. The van der Waals surface area contributed by atoms with E-state index in [1.165, 1.54) is 4.88 Å². The van der Waals surface area contributed by atoms with Crippen LogP contribution >= 0.6 is 11.3 Å². The van der Waals surface area contributed by atoms with Gasteiger partial charge in [-0.1, -0.05) is 19.9 Å². The highest BCUT2D eigenvalue weighted by atomic mass is 32.1. The maximum Gasteiger partial charge on any atom is 0.238 e. The lowest BCUT2D eigenvalue weighted by atomic mass is 10.0. The number of hydrogen-bond donors (Lipinski definition) is 1. The molecule has 4 heteroatoms. The number of rotatable bonds is 5. The average molecular weight is 254 g/mol. The molecule has 1 aromatic heterocycles. The molecule has 0 aromatic carbocycles. The summed E-state index contributed by atoms with van der Waals surface area (Å²) in [4.78, 5) is 14.8. The van der Waals surface area contributed by atoms with Crippen LogP contribution in [0.3, 0.4) is 0 Å². The van der Waals surface area contributed by atoms with Gasteiger partial charge in [0, 0.05) is 25.0 Å². The van der Waals surface area contributed by atoms with E-state index in [4.69, 9.17) is 0 Å². The van der Waals surface area contributed by atoms with Crippen molar-refractivity contribution in [3.63, 3.8) is 0 Å². The normalized spacial score (nSPS) is 14.7. The van der Waals surface area contributed by atoms with Gasteiger partial charge in [0.1, 0.15) is 0 Å². The second-order valence-electron chi connectivity index (χ2n) is 4.86. The quantitative estimate of drug-likeness (QED) is 0.875. The second-order valence-corrected chi connectivity index (χ2v) is 5.84. The van der Waals surface area contributed by atoms with Gasteiger partial charge in [0.2, 0.25) is 5.91 Å². The molecule has 17 heavy (non-hydrogen) atoms. The molecule has 0 saturated carbocycles. The van der Waals surface area contributed by atoms with Crippen molar-refractivity contribution in [3.8, 4) is 0 Å². The van der Waals surface area contributed by atoms with Gasteiger partial charge >= 0.3 is 0 Å². The molecule has 0 bridgehead atoms. The summed E-state index contributed by atoms with van der Waals surface area (Å²) in [6.07, 6.45) is 0. The van der Waals surface area contributed by atoms with Crippen molar-refractivity contribution < 1.29 is 4.79 Å². The van der Waals surface area contributed by atoms with Crippen molar-refractivity contribution in [3.05, 3.63) is 22.4 Å². The van der Waals surface area contributed by atoms with Gasteiger partial charge in [-0.25, -0.2) is 0 Å². The van der Waals surface area contributed by atoms with Crippen LogP contribution in [0.15, 0.2) is 17.5 Å². The van der Waals surface area contributed by atoms with Crippen molar-refractivity contribution in [2.75, 3.05) is 14.1 Å². The summed E-state index contributed by atoms with van der Waals surface area (Å²) in [6.45, 7) is 6.26. The first kappa shape index (κ1) is 14.2. The van der Waals surface area contributed by atoms with Gasteiger partial charge in [-0.2, -0.15) is 0 Å². The lowest BCUT2D eigenvalue weighted by Gasteiger charge is -2.26. The lowest BCUT2D eigenvalue weighted by molar-refractivity contribution is -0.130. The third-order valence-corrected chi connectivity index (χ3v) is 3.71. The Bertz CT molecular complexity index is 346. The Labute approximate surface area is 108 Å². The molecular weight excluding hydrogens is 232 g/mol. The van der Waals surface area contributed by atoms with Crippen LogP contribution in [0.2, 0.25) is 0 Å². The van der Waals surface area contributed by atoms with E-state index < -0.39 is 0 Å². The Kier molecular flexibility index (Phi) is 5.15. The zero-order chi connectivity index (χ0) is 13.0. The number of carbonyl (C=O) groups is 1. The number of carbonyl (C=O) groups excluding carboxylic acids is 1. The summed E-state index contributed by atoms with van der Waals surface area (Å²) in [5, 5.41) is 5.49. The largest absolute Gasteiger partial charge is 0.347 e. The summed E-state index contributed by atoms with van der Waals surface area (Å²) in [5.41, 5.74) is 0. The molecule has 0 aliphatic carbocycles. The van der Waals surface area contributed by atoms with Crippen LogP contribution in [-0.2, 0) is 4.79 Å². The Balaban J connectivity index is 2.72. The maximum atomic E-state index is 11.8. The molecule has 1 N–H and O–H groups in total. The monoisotopic (exact) mass is 254 g/mol. The van der Waals surface area contributed by atoms with E-state index in [9.17, 15) is 4.79 Å². The summed E-state index contributed by atoms with van der Waals surface area (Å²) in [5.74, 6) is 0.582. The lowest BCUT2D eigenvalue weighted by Crippen LogP contribution is -2.44. The minimum Gasteiger partial charge on any atom is -0.347 e. The van der Waals surface area contributed by atoms with Gasteiger partial charge in [0.05, 0.1) is 6.04 Å². The summed E-state index contributed by atoms with van der Waals surface area (Å²) >= 11 is 1.73. The Morgan fingerprint density at radius 2 is 2.00 bits per heavy atom. The van der Waals surface area contributed by atoms with Crippen LogP contribution in [-0.4, -0.2) is 30.9 Å². The van der Waals surface area contributed by atoms with Gasteiger partial charge in [0.15, 0.2) is 0 Å². The van der Waals surface area contributed by atoms with Crippen molar-refractivity contribution in [2.24, 2.45) is 5.92 Å². The summed E-state index contributed by atoms with van der Waals surface area (Å²) in [7, 11) is 3.58. The van der Waals surface area contributed by atoms with Crippen LogP contribution < -0.4 is 5.32 Å². The van der Waals surface area contributed by atoms with E-state index in [1.54, 1.807) is 30.3 Å². The molecular formula is C13H22N2OS. The third kappa shape index (κ3) is 3.82. The molecule has 0 spiro atoms. The zero-order valence-corrected chi connectivity index (χ0v) is 12.0. The fourth-order valence-electron chi connectivity index (χ4n) is 1.80. The van der Waals surface area contributed by atoms with Crippen LogP contribution in [0.1, 0.15) is 31.7 Å². The minimum absolute atomic E-state index is 0.118. The van der Waals surface area contributed by atoms with Crippen LogP contribution in [0.5, 0.6) is 0 Å². The van der Waals surface area contributed by atoms with Gasteiger partial charge in [-0.3, -0.25) is 10.1 Å². The van der Waals surface area contributed by atoms with E-state index in [-0.39, 0.29) is 18.0 Å². The standard InChI is InChI=1S/C13H22N2OS/c1-9(2)12(11-7-6-8-17-11)14-10(3)13(16)15(4)5/h6-10,12,14H,1-5H3. The van der Waals surface area contributed by atoms with Gasteiger partial charge in [-0.05, 0) is 24.3 Å². The van der Waals surface area contributed by atoms with Crippen molar-refractivity contribution in [1.29, 1.82) is 0 Å². The van der Waals surface area contributed by atoms with Crippen molar-refractivity contribution in [1.82, 2.24) is 10.2 Å². The van der Waals surface area contributed by atoms with Crippen LogP contribution in [0, 0.1) is 5.92 Å². The molecule has 2 atom stereocenters. The first-order valence-corrected chi connectivity index (χ1v) is 6.82. The number of nitrogens with zero attached hydrogens (tertiary/aromatic N) is 1. The van der Waals surface area contributed by atoms with E-state index in [0.29, 0.717) is 5.92 Å². The fraction of sp³-hybridized carbons (Fsp3) is 0.615. The molecule has 2 unspecified atom stereocenters. The highest BCUT2D eigenvalue weighted by Crippen LogP contribution is 2.26. The Morgan fingerprint density at radius 1 is 1.35 bits per heavy atom. The smallest absolute Gasteiger partial charge is 0.238 e. The van der Waals surface area contributed by atoms with E-state index in [1.807, 2.05) is 6.92 Å². The fourth-order valence-corrected chi connectivity index (χ4v) is 2.76. The van der Waals surface area contributed by atoms with E-state index in [2.05, 4.69) is 36.7 Å². The van der Waals surface area contributed by atoms with Gasteiger partial charge < -0.3 is 4.90 Å². The van der Waals surface area contributed by atoms with Crippen LogP contribution in [0.4, 0.5) is 0 Å². The molecule has 96 valence electrons. The van der Waals surface area contributed by atoms with Gasteiger partial charge in [-0.15, -0.1) is 11.3 Å². The molecule has 1 amide bonds. The molecule has 1 heterocycles. The van der Waals surface area contributed by atoms with Crippen molar-refractivity contribution in [2.45, 2.75) is 32.9 Å². The predicted octanol–water partition coefficient (Wildman–Crippen LogP) is 2.51. The topological polar surface area (TPSA) is 32.3 Å². The zero-order valence-electron chi connectivity index (χ0n) is 11.2. The molecule has 3 nitrogen and oxygen atoms in total. The van der Waals surface area contributed by atoms with E-state index >= 15 is 0 Å². The average Bonchev–Trinajstić information content (AvgIpc) is 2.76. The SMILES string of the molecule is CC(NC(c1cccs1)C(C)C)C(=O)N(C)C. The highest BCUT2D eigenvalue weighted by Gasteiger charge is 2.23. The Hall–Kier alpha value is -0.870. The maximum absolute atomic E-state index is 11.8. The molecule has 0 aliphatic rings. The third-order valence-electron chi connectivity index (χ3n) is 2.76. The number of amides is 1. The number of likely N-dealkylation sites (N-methyl/N-ethyl adjacent to an activating group) is 1. The second kappa shape index (κ2) is 6.17. The highest BCUT2D eigenvalue weighted by molar-refractivity contribution is 7.10. The number of thiophene rings is 1. The Morgan fingerprint density at radius 3 is 2.41 bits per heavy atom. The molecule has 0 radical (unpaired) electrons.